The van der Waals surface area contributed by atoms with Crippen molar-refractivity contribution >= 4 is 11.8 Å². The molecule has 0 fully saturated rings. The van der Waals surface area contributed by atoms with E-state index >= 15 is 0 Å². The maximum absolute atomic E-state index is 8.87. The highest BCUT2D eigenvalue weighted by Gasteiger charge is 2.18. The van der Waals surface area contributed by atoms with E-state index in [1.54, 1.807) is 24.2 Å². The van der Waals surface area contributed by atoms with Crippen LogP contribution in [0.2, 0.25) is 0 Å². The van der Waals surface area contributed by atoms with Gasteiger partial charge in [0.15, 0.2) is 11.0 Å². The van der Waals surface area contributed by atoms with Crippen molar-refractivity contribution in [2.24, 2.45) is 0 Å². The summed E-state index contributed by atoms with van der Waals surface area (Å²) < 4.78 is 2.01. The first-order chi connectivity index (χ1) is 11.3. The van der Waals surface area contributed by atoms with Crippen molar-refractivity contribution in [1.29, 1.82) is 5.26 Å². The van der Waals surface area contributed by atoms with Crippen LogP contribution >= 0.6 is 11.8 Å². The Morgan fingerprint density at radius 3 is 2.70 bits per heavy atom. The van der Waals surface area contributed by atoms with Gasteiger partial charge in [-0.3, -0.25) is 9.55 Å². The first-order valence-electron chi connectivity index (χ1n) is 7.24. The van der Waals surface area contributed by atoms with Crippen LogP contribution in [0, 0.1) is 11.3 Å². The minimum atomic E-state index is 0.147. The molecule has 0 bridgehead atoms. The summed E-state index contributed by atoms with van der Waals surface area (Å²) in [6, 6.07) is 16.0. The summed E-state index contributed by atoms with van der Waals surface area (Å²) in [6.45, 7) is 2.02. The lowest BCUT2D eigenvalue weighted by atomic mass is 10.2. The van der Waals surface area contributed by atoms with Crippen LogP contribution in [0.15, 0.2) is 60.0 Å². The van der Waals surface area contributed by atoms with Gasteiger partial charge in [-0.2, -0.15) is 5.26 Å². The average Bonchev–Trinajstić information content (AvgIpc) is 3.00. The van der Waals surface area contributed by atoms with Crippen LogP contribution in [-0.4, -0.2) is 25.0 Å². The molecule has 1 atom stereocenters. The molecule has 0 aliphatic heterocycles. The number of aromatic nitrogens is 4. The van der Waals surface area contributed by atoms with Crippen molar-refractivity contribution in [3.63, 3.8) is 0 Å². The zero-order valence-electron chi connectivity index (χ0n) is 12.6. The molecule has 1 aromatic carbocycles. The van der Waals surface area contributed by atoms with E-state index in [2.05, 4.69) is 21.3 Å². The highest BCUT2D eigenvalue weighted by Crippen LogP contribution is 2.30. The molecule has 6 heteroatoms. The molecule has 0 saturated carbocycles. The second-order valence-corrected chi connectivity index (χ2v) is 6.42. The number of pyridine rings is 1. The molecule has 0 aliphatic carbocycles. The van der Waals surface area contributed by atoms with Gasteiger partial charge in [0.05, 0.1) is 6.07 Å². The predicted octanol–water partition coefficient (Wildman–Crippen LogP) is 3.72. The summed E-state index contributed by atoms with van der Waals surface area (Å²) in [5.41, 5.74) is 1.90. The molecule has 2 aromatic heterocycles. The lowest BCUT2D eigenvalue weighted by molar-refractivity contribution is 0.871. The van der Waals surface area contributed by atoms with E-state index in [0.29, 0.717) is 6.42 Å². The van der Waals surface area contributed by atoms with Crippen LogP contribution in [0.25, 0.3) is 17.1 Å². The number of hydrogen-bond donors (Lipinski definition) is 0. The van der Waals surface area contributed by atoms with E-state index in [9.17, 15) is 0 Å². The van der Waals surface area contributed by atoms with E-state index in [1.165, 1.54) is 0 Å². The zero-order valence-corrected chi connectivity index (χ0v) is 13.4. The van der Waals surface area contributed by atoms with Crippen molar-refractivity contribution in [2.75, 3.05) is 0 Å². The third kappa shape index (κ3) is 3.41. The predicted molar refractivity (Wildman–Crippen MR) is 90.1 cm³/mol. The molecule has 0 N–H and O–H groups in total. The van der Waals surface area contributed by atoms with E-state index in [0.717, 1.165) is 22.2 Å². The van der Waals surface area contributed by atoms with Crippen molar-refractivity contribution in [3.8, 4) is 23.1 Å². The Morgan fingerprint density at radius 1 is 1.17 bits per heavy atom. The highest BCUT2D eigenvalue weighted by molar-refractivity contribution is 7.99. The van der Waals surface area contributed by atoms with Crippen molar-refractivity contribution in [1.82, 2.24) is 19.7 Å². The largest absolute Gasteiger partial charge is 0.270 e. The molecule has 0 spiro atoms. The lowest BCUT2D eigenvalue weighted by Gasteiger charge is -2.11. The Balaban J connectivity index is 2.08. The molecule has 0 amide bonds. The maximum Gasteiger partial charge on any atom is 0.196 e. The Labute approximate surface area is 139 Å². The van der Waals surface area contributed by atoms with E-state index < -0.39 is 0 Å². The highest BCUT2D eigenvalue weighted by atomic mass is 32.2. The van der Waals surface area contributed by atoms with Crippen LogP contribution in [-0.2, 0) is 0 Å². The third-order valence-corrected chi connectivity index (χ3v) is 4.30. The molecule has 0 radical (unpaired) electrons. The summed E-state index contributed by atoms with van der Waals surface area (Å²) >= 11 is 1.55. The number of benzene rings is 1. The Hall–Kier alpha value is -2.65. The number of nitriles is 1. The van der Waals surface area contributed by atoms with Gasteiger partial charge in [-0.25, -0.2) is 0 Å². The van der Waals surface area contributed by atoms with Crippen molar-refractivity contribution in [3.05, 3.63) is 54.9 Å². The van der Waals surface area contributed by atoms with Crippen LogP contribution < -0.4 is 0 Å². The van der Waals surface area contributed by atoms with Crippen LogP contribution in [0.4, 0.5) is 0 Å². The minimum absolute atomic E-state index is 0.147. The maximum atomic E-state index is 8.87. The number of thioether (sulfide) groups is 1. The molecule has 114 valence electrons. The Morgan fingerprint density at radius 2 is 2.00 bits per heavy atom. The quantitative estimate of drug-likeness (QED) is 0.670. The van der Waals surface area contributed by atoms with Gasteiger partial charge in [-0.15, -0.1) is 10.2 Å². The monoisotopic (exact) mass is 321 g/mol. The van der Waals surface area contributed by atoms with E-state index in [1.807, 2.05) is 54.0 Å². The molecule has 23 heavy (non-hydrogen) atoms. The molecule has 1 unspecified atom stereocenters. The van der Waals surface area contributed by atoms with Crippen molar-refractivity contribution in [2.45, 2.75) is 23.8 Å². The minimum Gasteiger partial charge on any atom is -0.270 e. The van der Waals surface area contributed by atoms with Gasteiger partial charge in [-0.05, 0) is 24.3 Å². The molecule has 0 aliphatic rings. The fraction of sp³-hybridized carbons (Fsp3) is 0.176. The second kappa shape index (κ2) is 7.07. The number of nitrogens with zero attached hydrogens (tertiary/aromatic N) is 5. The summed E-state index contributed by atoms with van der Waals surface area (Å²) in [7, 11) is 0. The SMILES string of the molecule is CC(CC#N)Sc1nnc(-c2cccnc2)n1-c1ccccc1. The summed E-state index contributed by atoms with van der Waals surface area (Å²) in [5, 5.41) is 18.5. The first kappa shape index (κ1) is 15.3. The van der Waals surface area contributed by atoms with Gasteiger partial charge in [0, 0.05) is 35.3 Å². The second-order valence-electron chi connectivity index (χ2n) is 5.01. The molecule has 5 nitrogen and oxygen atoms in total. The Bertz CT molecular complexity index is 808. The topological polar surface area (TPSA) is 67.4 Å². The fourth-order valence-corrected chi connectivity index (χ4v) is 3.09. The van der Waals surface area contributed by atoms with E-state index in [4.69, 9.17) is 5.26 Å². The molecular formula is C17H15N5S. The van der Waals surface area contributed by atoms with Gasteiger partial charge < -0.3 is 0 Å². The molecule has 3 aromatic rings. The average molecular weight is 321 g/mol. The molecular weight excluding hydrogens is 306 g/mol. The molecule has 0 saturated heterocycles. The van der Waals surface area contributed by atoms with Crippen molar-refractivity contribution < 1.29 is 0 Å². The summed E-state index contributed by atoms with van der Waals surface area (Å²) in [4.78, 5) is 4.16. The normalized spacial score (nSPS) is 11.8. The van der Waals surface area contributed by atoms with Gasteiger partial charge in [-0.1, -0.05) is 36.9 Å². The summed E-state index contributed by atoms with van der Waals surface area (Å²) in [5.74, 6) is 0.746. The lowest BCUT2D eigenvalue weighted by Crippen LogP contribution is -2.02. The van der Waals surface area contributed by atoms with Crippen LogP contribution in [0.1, 0.15) is 13.3 Å². The van der Waals surface area contributed by atoms with Gasteiger partial charge in [0.2, 0.25) is 0 Å². The fourth-order valence-electron chi connectivity index (χ4n) is 2.19. The number of hydrogen-bond acceptors (Lipinski definition) is 5. The number of para-hydroxylation sites is 1. The van der Waals surface area contributed by atoms with Crippen LogP contribution in [0.5, 0.6) is 0 Å². The smallest absolute Gasteiger partial charge is 0.196 e. The molecule has 3 rings (SSSR count). The first-order valence-corrected chi connectivity index (χ1v) is 8.12. The van der Waals surface area contributed by atoms with E-state index in [-0.39, 0.29) is 5.25 Å². The zero-order chi connectivity index (χ0) is 16.1. The van der Waals surface area contributed by atoms with Gasteiger partial charge in [0.1, 0.15) is 0 Å². The molecule has 2 heterocycles. The standard InChI is InChI=1S/C17H15N5S/c1-13(9-10-18)23-17-21-20-16(14-6-5-11-19-12-14)22(17)15-7-3-2-4-8-15/h2-8,11-13H,9H2,1H3. The third-order valence-electron chi connectivity index (χ3n) is 3.25. The van der Waals surface area contributed by atoms with Crippen LogP contribution in [0.3, 0.4) is 0 Å². The van der Waals surface area contributed by atoms with Gasteiger partial charge in [0.25, 0.3) is 0 Å². The summed E-state index contributed by atoms with van der Waals surface area (Å²) in [6.07, 6.45) is 3.97. The Kier molecular flexibility index (Phi) is 4.69. The number of rotatable bonds is 5. The van der Waals surface area contributed by atoms with Gasteiger partial charge >= 0.3 is 0 Å².